The van der Waals surface area contributed by atoms with E-state index in [2.05, 4.69) is 34.9 Å². The summed E-state index contributed by atoms with van der Waals surface area (Å²) in [6, 6.07) is 15.4. The maximum absolute atomic E-state index is 12.7. The van der Waals surface area contributed by atoms with Crippen LogP contribution in [0, 0.1) is 17.8 Å². The van der Waals surface area contributed by atoms with Crippen LogP contribution in [0.5, 0.6) is 0 Å². The third kappa shape index (κ3) is 4.93. The zero-order valence-corrected chi connectivity index (χ0v) is 19.6. The molecule has 0 spiro atoms. The van der Waals surface area contributed by atoms with E-state index in [9.17, 15) is 19.5 Å². The Morgan fingerprint density at radius 3 is 2.21 bits per heavy atom. The number of nitrogens with one attached hydrogen (secondary N) is 2. The lowest BCUT2D eigenvalue weighted by molar-refractivity contribution is -0.144. The van der Waals surface area contributed by atoms with Gasteiger partial charge in [0.2, 0.25) is 5.91 Å². The number of rotatable bonds is 8. The molecule has 2 aromatic carbocycles. The minimum Gasteiger partial charge on any atom is -0.480 e. The largest absolute Gasteiger partial charge is 0.480 e. The molecule has 180 valence electrons. The van der Waals surface area contributed by atoms with E-state index in [-0.39, 0.29) is 36.2 Å². The predicted molar refractivity (Wildman–Crippen MR) is 128 cm³/mol. The van der Waals surface area contributed by atoms with Crippen molar-refractivity contribution in [1.29, 1.82) is 0 Å². The average molecular weight is 465 g/mol. The summed E-state index contributed by atoms with van der Waals surface area (Å²) >= 11 is 0. The van der Waals surface area contributed by atoms with Gasteiger partial charge < -0.3 is 20.5 Å². The van der Waals surface area contributed by atoms with E-state index >= 15 is 0 Å². The summed E-state index contributed by atoms with van der Waals surface area (Å²) in [5, 5.41) is 14.9. The summed E-state index contributed by atoms with van der Waals surface area (Å²) in [5.74, 6) is -1.85. The number of carboxylic acid groups (broad SMARTS) is 1. The monoisotopic (exact) mass is 464 g/mol. The molecule has 7 nitrogen and oxygen atoms in total. The van der Waals surface area contributed by atoms with Gasteiger partial charge in [0, 0.05) is 18.4 Å². The molecule has 4 rings (SSSR count). The van der Waals surface area contributed by atoms with Crippen LogP contribution in [0.1, 0.15) is 50.2 Å². The maximum atomic E-state index is 12.7. The number of carboxylic acids is 1. The first kappa shape index (κ1) is 23.8. The van der Waals surface area contributed by atoms with E-state index in [1.807, 2.05) is 24.3 Å². The number of hydrogen-bond acceptors (Lipinski definition) is 4. The minimum atomic E-state index is -1.03. The van der Waals surface area contributed by atoms with E-state index in [4.69, 9.17) is 4.74 Å². The normalized spacial score (nSPS) is 19.9. The van der Waals surface area contributed by atoms with Crippen molar-refractivity contribution in [2.24, 2.45) is 17.8 Å². The van der Waals surface area contributed by atoms with Crippen molar-refractivity contribution in [2.45, 2.75) is 45.1 Å². The van der Waals surface area contributed by atoms with Crippen LogP contribution in [-0.4, -0.2) is 42.3 Å². The zero-order chi connectivity index (χ0) is 24.2. The highest BCUT2D eigenvalue weighted by Crippen LogP contribution is 2.44. The molecule has 3 unspecified atom stereocenters. The van der Waals surface area contributed by atoms with Crippen LogP contribution >= 0.6 is 0 Å². The molecule has 1 fully saturated rings. The summed E-state index contributed by atoms with van der Waals surface area (Å²) in [7, 11) is 0. The van der Waals surface area contributed by atoms with Crippen LogP contribution in [-0.2, 0) is 14.3 Å². The van der Waals surface area contributed by atoms with Gasteiger partial charge in [0.1, 0.15) is 12.6 Å². The lowest BCUT2D eigenvalue weighted by Crippen LogP contribution is -2.48. The number of aliphatic carboxylic acids is 1. The molecule has 2 aliphatic carbocycles. The number of carbonyl (C=O) groups excluding carboxylic acids is 2. The number of hydrogen-bond donors (Lipinski definition) is 3. The molecule has 2 aliphatic rings. The molecule has 3 atom stereocenters. The molecular weight excluding hydrogens is 432 g/mol. The molecule has 2 aromatic rings. The maximum Gasteiger partial charge on any atom is 0.407 e. The Hall–Kier alpha value is -3.35. The van der Waals surface area contributed by atoms with Crippen molar-refractivity contribution < 1.29 is 24.2 Å². The first-order valence-electron chi connectivity index (χ1n) is 12.0. The predicted octanol–water partition coefficient (Wildman–Crippen LogP) is 4.17. The summed E-state index contributed by atoms with van der Waals surface area (Å²) in [4.78, 5) is 36.7. The van der Waals surface area contributed by atoms with Gasteiger partial charge in [0.05, 0.1) is 0 Å². The van der Waals surface area contributed by atoms with Gasteiger partial charge in [0.15, 0.2) is 0 Å². The molecule has 0 bridgehead atoms. The zero-order valence-electron chi connectivity index (χ0n) is 19.6. The standard InChI is InChI=1S/C27H32N2O5/c1-16(2)24(26(31)32)29-25(30)18-13-7-8-17(18)14-28-27(33)34-15-23-21-11-5-3-9-19(21)20-10-4-6-12-22(20)23/h3-6,9-12,16-18,23-24H,7-8,13-15H2,1-2H3,(H,28,33)(H,29,30)(H,31,32). The van der Waals surface area contributed by atoms with Crippen molar-refractivity contribution >= 4 is 18.0 Å². The molecule has 0 heterocycles. The van der Waals surface area contributed by atoms with Gasteiger partial charge in [-0.25, -0.2) is 9.59 Å². The molecule has 0 aromatic heterocycles. The average Bonchev–Trinajstić information content (AvgIpc) is 3.42. The highest BCUT2D eigenvalue weighted by molar-refractivity contribution is 5.85. The molecule has 0 radical (unpaired) electrons. The molecule has 34 heavy (non-hydrogen) atoms. The quantitative estimate of drug-likeness (QED) is 0.544. The highest BCUT2D eigenvalue weighted by Gasteiger charge is 2.36. The summed E-state index contributed by atoms with van der Waals surface area (Å²) in [6.45, 7) is 4.10. The number of benzene rings is 2. The van der Waals surface area contributed by atoms with E-state index in [1.54, 1.807) is 13.8 Å². The van der Waals surface area contributed by atoms with Crippen molar-refractivity contribution in [1.82, 2.24) is 10.6 Å². The molecule has 1 saturated carbocycles. The Balaban J connectivity index is 1.31. The van der Waals surface area contributed by atoms with Gasteiger partial charge in [-0.05, 0) is 46.9 Å². The molecular formula is C27H32N2O5. The van der Waals surface area contributed by atoms with Crippen molar-refractivity contribution in [2.75, 3.05) is 13.2 Å². The minimum absolute atomic E-state index is 0.00728. The SMILES string of the molecule is CC(C)C(NC(=O)C1CCCC1CNC(=O)OCC1c2ccccc2-c2ccccc21)C(=O)O. The van der Waals surface area contributed by atoms with Gasteiger partial charge >= 0.3 is 12.1 Å². The van der Waals surface area contributed by atoms with Crippen LogP contribution < -0.4 is 10.6 Å². The van der Waals surface area contributed by atoms with Gasteiger partial charge in [-0.1, -0.05) is 68.8 Å². The van der Waals surface area contributed by atoms with Gasteiger partial charge in [0.25, 0.3) is 0 Å². The molecule has 2 amide bonds. The van der Waals surface area contributed by atoms with E-state index < -0.39 is 18.1 Å². The third-order valence-corrected chi connectivity index (χ3v) is 7.08. The number of ether oxygens (including phenoxy) is 1. The smallest absolute Gasteiger partial charge is 0.407 e. The molecule has 0 saturated heterocycles. The summed E-state index contributed by atoms with van der Waals surface area (Å²) in [6.07, 6.45) is 1.86. The van der Waals surface area contributed by atoms with Gasteiger partial charge in [-0.15, -0.1) is 0 Å². The first-order chi connectivity index (χ1) is 16.4. The van der Waals surface area contributed by atoms with Crippen LogP contribution in [0.15, 0.2) is 48.5 Å². The fraction of sp³-hybridized carbons (Fsp3) is 0.444. The lowest BCUT2D eigenvalue weighted by atomic mass is 9.94. The fourth-order valence-corrected chi connectivity index (χ4v) is 5.26. The number of amides is 2. The molecule has 0 aliphatic heterocycles. The van der Waals surface area contributed by atoms with Crippen LogP contribution in [0.4, 0.5) is 4.79 Å². The van der Waals surface area contributed by atoms with Gasteiger partial charge in [-0.3, -0.25) is 4.79 Å². The number of carbonyl (C=O) groups is 3. The second-order valence-electron chi connectivity index (χ2n) is 9.57. The van der Waals surface area contributed by atoms with Crippen molar-refractivity contribution in [3.8, 4) is 11.1 Å². The third-order valence-electron chi connectivity index (χ3n) is 7.08. The second kappa shape index (κ2) is 10.3. The van der Waals surface area contributed by atoms with Crippen LogP contribution in [0.25, 0.3) is 11.1 Å². The fourth-order valence-electron chi connectivity index (χ4n) is 5.26. The first-order valence-corrected chi connectivity index (χ1v) is 12.0. The Kier molecular flexibility index (Phi) is 7.20. The Morgan fingerprint density at radius 2 is 1.62 bits per heavy atom. The summed E-state index contributed by atoms with van der Waals surface area (Å²) in [5.41, 5.74) is 4.66. The lowest BCUT2D eigenvalue weighted by Gasteiger charge is -2.24. The summed E-state index contributed by atoms with van der Waals surface area (Å²) < 4.78 is 5.59. The van der Waals surface area contributed by atoms with Crippen LogP contribution in [0.2, 0.25) is 0 Å². The topological polar surface area (TPSA) is 105 Å². The van der Waals surface area contributed by atoms with Crippen LogP contribution in [0.3, 0.4) is 0 Å². The van der Waals surface area contributed by atoms with E-state index in [0.29, 0.717) is 13.0 Å². The Labute approximate surface area is 199 Å². The van der Waals surface area contributed by atoms with E-state index in [0.717, 1.165) is 24.0 Å². The molecule has 3 N–H and O–H groups in total. The van der Waals surface area contributed by atoms with Crippen molar-refractivity contribution in [3.05, 3.63) is 59.7 Å². The number of fused-ring (bicyclic) bond motifs is 3. The highest BCUT2D eigenvalue weighted by atomic mass is 16.5. The number of alkyl carbamates (subject to hydrolysis) is 1. The second-order valence-corrected chi connectivity index (χ2v) is 9.57. The Bertz CT molecular complexity index is 1020. The van der Waals surface area contributed by atoms with E-state index in [1.165, 1.54) is 11.1 Å². The molecule has 7 heteroatoms. The van der Waals surface area contributed by atoms with Crippen molar-refractivity contribution in [3.63, 3.8) is 0 Å². The Morgan fingerprint density at radius 1 is 1.00 bits per heavy atom. The van der Waals surface area contributed by atoms with Gasteiger partial charge in [-0.2, -0.15) is 0 Å².